The van der Waals surface area contributed by atoms with E-state index in [0.717, 1.165) is 72.1 Å². The Hall–Kier alpha value is -8.92. The molecule has 3 nitrogen and oxygen atoms in total. The van der Waals surface area contributed by atoms with Crippen LogP contribution in [0.15, 0.2) is 249 Å². The van der Waals surface area contributed by atoms with Crippen molar-refractivity contribution >= 4 is 54.3 Å². The average molecular weight is 852 g/mol. The quantitative estimate of drug-likeness (QED) is 0.160. The van der Waals surface area contributed by atoms with Crippen molar-refractivity contribution in [1.82, 2.24) is 14.5 Å². The SMILES string of the molecule is c1ccc(-c2ccc(-c3cccc4c3c3cc5ccccc5cc3n4-c3ccc(-c4nc(-c5cccc6ccccc56)c5cc(-c6ccccc6)c(-c6ccccc6)cc5n4)cc3)cc2)cc1. The van der Waals surface area contributed by atoms with E-state index in [2.05, 4.69) is 253 Å². The summed E-state index contributed by atoms with van der Waals surface area (Å²) in [6.07, 6.45) is 0. The van der Waals surface area contributed by atoms with E-state index in [-0.39, 0.29) is 0 Å². The first-order valence-electron chi connectivity index (χ1n) is 22.9. The molecule has 0 aliphatic rings. The summed E-state index contributed by atoms with van der Waals surface area (Å²) in [5.41, 5.74) is 16.6. The van der Waals surface area contributed by atoms with E-state index in [9.17, 15) is 0 Å². The molecule has 67 heavy (non-hydrogen) atoms. The minimum Gasteiger partial charge on any atom is -0.309 e. The number of hydrogen-bond donors (Lipinski definition) is 0. The average Bonchev–Trinajstić information content (AvgIpc) is 3.73. The molecule has 0 N–H and O–H groups in total. The second-order valence-electron chi connectivity index (χ2n) is 17.3. The molecule has 0 saturated carbocycles. The Balaban J connectivity index is 0.996. The molecule has 2 heterocycles. The Kier molecular flexibility index (Phi) is 9.17. The molecule has 0 bridgehead atoms. The molecule has 0 atom stereocenters. The molecular formula is C64H41N3. The molecule has 0 unspecified atom stereocenters. The molecule has 11 aromatic carbocycles. The Bertz CT molecular complexity index is 3980. The van der Waals surface area contributed by atoms with Gasteiger partial charge in [0, 0.05) is 33.0 Å². The van der Waals surface area contributed by atoms with Crippen LogP contribution in [0.1, 0.15) is 0 Å². The van der Waals surface area contributed by atoms with Gasteiger partial charge in [0.15, 0.2) is 5.82 Å². The van der Waals surface area contributed by atoms with Gasteiger partial charge in [-0.05, 0) is 121 Å². The van der Waals surface area contributed by atoms with Crippen LogP contribution in [0.5, 0.6) is 0 Å². The minimum atomic E-state index is 0.683. The summed E-state index contributed by atoms with van der Waals surface area (Å²) in [4.78, 5) is 10.9. The van der Waals surface area contributed by atoms with Gasteiger partial charge in [0.05, 0.1) is 22.2 Å². The van der Waals surface area contributed by atoms with Crippen molar-refractivity contribution < 1.29 is 0 Å². The van der Waals surface area contributed by atoms with E-state index >= 15 is 0 Å². The van der Waals surface area contributed by atoms with Crippen molar-refractivity contribution in [2.45, 2.75) is 0 Å². The van der Waals surface area contributed by atoms with Crippen LogP contribution >= 0.6 is 0 Å². The third-order valence-electron chi connectivity index (χ3n) is 13.4. The van der Waals surface area contributed by atoms with E-state index in [4.69, 9.17) is 9.97 Å². The zero-order chi connectivity index (χ0) is 44.3. The number of aromatic nitrogens is 3. The first kappa shape index (κ1) is 38.5. The Morgan fingerprint density at radius 2 is 0.806 bits per heavy atom. The van der Waals surface area contributed by atoms with E-state index in [1.807, 2.05) is 0 Å². The van der Waals surface area contributed by atoms with Crippen LogP contribution in [0.25, 0.3) is 127 Å². The fourth-order valence-corrected chi connectivity index (χ4v) is 10.2. The van der Waals surface area contributed by atoms with Gasteiger partial charge in [0.2, 0.25) is 0 Å². The van der Waals surface area contributed by atoms with Crippen LogP contribution in [0.2, 0.25) is 0 Å². The number of benzene rings is 11. The van der Waals surface area contributed by atoms with Crippen molar-refractivity contribution in [3.63, 3.8) is 0 Å². The second-order valence-corrected chi connectivity index (χ2v) is 17.3. The molecular weight excluding hydrogens is 811 g/mol. The van der Waals surface area contributed by atoms with Gasteiger partial charge < -0.3 is 4.57 Å². The Morgan fingerprint density at radius 3 is 1.52 bits per heavy atom. The summed E-state index contributed by atoms with van der Waals surface area (Å²) >= 11 is 0. The number of hydrogen-bond acceptors (Lipinski definition) is 2. The van der Waals surface area contributed by atoms with Gasteiger partial charge in [-0.1, -0.05) is 194 Å². The van der Waals surface area contributed by atoms with Crippen LogP contribution < -0.4 is 0 Å². The third-order valence-corrected chi connectivity index (χ3v) is 13.4. The highest BCUT2D eigenvalue weighted by Gasteiger charge is 2.20. The highest BCUT2D eigenvalue weighted by atomic mass is 15.0. The topological polar surface area (TPSA) is 30.7 Å². The van der Waals surface area contributed by atoms with Crippen molar-refractivity contribution in [1.29, 1.82) is 0 Å². The molecule has 13 rings (SSSR count). The van der Waals surface area contributed by atoms with Crippen LogP contribution in [0.4, 0.5) is 0 Å². The van der Waals surface area contributed by atoms with Crippen molar-refractivity contribution in [3.8, 4) is 72.8 Å². The maximum absolute atomic E-state index is 5.51. The molecule has 0 fully saturated rings. The lowest BCUT2D eigenvalue weighted by Gasteiger charge is -2.16. The highest BCUT2D eigenvalue weighted by molar-refractivity contribution is 6.19. The zero-order valence-electron chi connectivity index (χ0n) is 36.5. The van der Waals surface area contributed by atoms with Crippen molar-refractivity contribution in [3.05, 3.63) is 249 Å². The van der Waals surface area contributed by atoms with E-state index in [0.29, 0.717) is 5.82 Å². The first-order chi connectivity index (χ1) is 33.2. The maximum Gasteiger partial charge on any atom is 0.160 e. The number of rotatable bonds is 7. The van der Waals surface area contributed by atoms with Crippen LogP contribution in [0.3, 0.4) is 0 Å². The second kappa shape index (κ2) is 16.0. The predicted molar refractivity (Wildman–Crippen MR) is 282 cm³/mol. The molecule has 0 aliphatic heterocycles. The highest BCUT2D eigenvalue weighted by Crippen LogP contribution is 2.43. The van der Waals surface area contributed by atoms with Gasteiger partial charge in [-0.15, -0.1) is 0 Å². The van der Waals surface area contributed by atoms with E-state index < -0.39 is 0 Å². The van der Waals surface area contributed by atoms with Crippen LogP contribution in [-0.2, 0) is 0 Å². The van der Waals surface area contributed by atoms with E-state index in [1.54, 1.807) is 0 Å². The Labute approximate surface area is 388 Å². The molecule has 0 saturated heterocycles. The van der Waals surface area contributed by atoms with Gasteiger partial charge >= 0.3 is 0 Å². The van der Waals surface area contributed by atoms with Gasteiger partial charge in [-0.25, -0.2) is 9.97 Å². The Morgan fingerprint density at radius 1 is 0.284 bits per heavy atom. The van der Waals surface area contributed by atoms with Crippen molar-refractivity contribution in [2.24, 2.45) is 0 Å². The maximum atomic E-state index is 5.51. The molecule has 2 aromatic heterocycles. The summed E-state index contributed by atoms with van der Waals surface area (Å²) in [6.45, 7) is 0. The fourth-order valence-electron chi connectivity index (χ4n) is 10.2. The lowest BCUT2D eigenvalue weighted by atomic mass is 9.91. The molecule has 3 heteroatoms. The van der Waals surface area contributed by atoms with Crippen LogP contribution in [0, 0.1) is 0 Å². The molecule has 0 amide bonds. The molecule has 0 spiro atoms. The number of fused-ring (bicyclic) bond motifs is 6. The van der Waals surface area contributed by atoms with Crippen LogP contribution in [-0.4, -0.2) is 14.5 Å². The standard InChI is InChI=1S/C64H41N3/c1-4-16-42(17-5-1)43-30-32-47(33-31-43)53-27-15-29-60-62(53)58-38-49-23-10-11-24-50(49)39-61(58)67(60)51-36-34-48(35-37-51)64-65-59-41-56(46-20-8-3-9-21-46)55(45-18-6-2-7-19-45)40-57(59)63(66-64)54-28-14-25-44-22-12-13-26-52(44)54/h1-41H. The predicted octanol–water partition coefficient (Wildman–Crippen LogP) is 17.0. The minimum absolute atomic E-state index is 0.683. The van der Waals surface area contributed by atoms with Gasteiger partial charge in [0.1, 0.15) is 0 Å². The summed E-state index contributed by atoms with van der Waals surface area (Å²) in [5.74, 6) is 0.683. The van der Waals surface area contributed by atoms with Gasteiger partial charge in [-0.2, -0.15) is 0 Å². The molecule has 0 radical (unpaired) electrons. The first-order valence-corrected chi connectivity index (χ1v) is 22.9. The normalized spacial score (nSPS) is 11.6. The summed E-state index contributed by atoms with van der Waals surface area (Å²) < 4.78 is 2.42. The summed E-state index contributed by atoms with van der Waals surface area (Å²) in [5, 5.41) is 8.24. The lowest BCUT2D eigenvalue weighted by Crippen LogP contribution is -1.98. The summed E-state index contributed by atoms with van der Waals surface area (Å²) in [6, 6.07) is 89.4. The number of nitrogens with zero attached hydrogens (tertiary/aromatic N) is 3. The van der Waals surface area contributed by atoms with Gasteiger partial charge in [0.25, 0.3) is 0 Å². The van der Waals surface area contributed by atoms with Crippen molar-refractivity contribution in [2.75, 3.05) is 0 Å². The monoisotopic (exact) mass is 851 g/mol. The zero-order valence-corrected chi connectivity index (χ0v) is 36.5. The fraction of sp³-hybridized carbons (Fsp3) is 0. The molecule has 312 valence electrons. The summed E-state index contributed by atoms with van der Waals surface area (Å²) in [7, 11) is 0. The molecule has 0 aliphatic carbocycles. The van der Waals surface area contributed by atoms with E-state index in [1.165, 1.54) is 49.2 Å². The smallest absolute Gasteiger partial charge is 0.160 e. The lowest BCUT2D eigenvalue weighted by molar-refractivity contribution is 1.18. The largest absolute Gasteiger partial charge is 0.309 e. The van der Waals surface area contributed by atoms with Gasteiger partial charge in [-0.3, -0.25) is 0 Å². The molecule has 13 aromatic rings. The third kappa shape index (κ3) is 6.67.